The lowest BCUT2D eigenvalue weighted by Gasteiger charge is -2.19. The fourth-order valence-electron chi connectivity index (χ4n) is 2.33. The van der Waals surface area contributed by atoms with Crippen molar-refractivity contribution in [3.05, 3.63) is 18.4 Å². The third kappa shape index (κ3) is 2.76. The average molecular weight is 307 g/mol. The summed E-state index contributed by atoms with van der Waals surface area (Å²) in [5.41, 5.74) is 0. The minimum atomic E-state index is -0.237. The summed E-state index contributed by atoms with van der Waals surface area (Å²) in [5.74, 6) is 7.11. The maximum absolute atomic E-state index is 12.3. The molecule has 7 nitrogen and oxygen atoms in total. The van der Waals surface area contributed by atoms with Crippen LogP contribution in [0.15, 0.2) is 28.0 Å². The molecule has 3 heterocycles. The number of hydrogen-bond donors (Lipinski definition) is 1. The van der Waals surface area contributed by atoms with Gasteiger partial charge in [0.15, 0.2) is 5.76 Å². The Morgan fingerprint density at radius 3 is 2.86 bits per heavy atom. The number of nitrogens with two attached hydrogens (primary N) is 1. The van der Waals surface area contributed by atoms with E-state index in [0.717, 1.165) is 25.9 Å². The number of amides is 1. The van der Waals surface area contributed by atoms with Gasteiger partial charge in [-0.15, -0.1) is 10.2 Å². The van der Waals surface area contributed by atoms with E-state index in [-0.39, 0.29) is 11.2 Å². The Balaban J connectivity index is 1.71. The monoisotopic (exact) mass is 307 g/mol. The molecular formula is C13H17N5O2S. The molecule has 0 unspecified atom stereocenters. The van der Waals surface area contributed by atoms with Crippen molar-refractivity contribution in [1.82, 2.24) is 19.8 Å². The summed E-state index contributed by atoms with van der Waals surface area (Å²) in [6.45, 7) is 3.56. The van der Waals surface area contributed by atoms with Gasteiger partial charge in [-0.2, -0.15) is 0 Å². The molecular weight excluding hydrogens is 290 g/mol. The standard InChI is InChI=1S/C13H17N5O2S/c1-9(12(19)17-6-2-3-7-17)21-13-16-15-11(18(13)14)10-5-4-8-20-10/h4-5,8-9H,2-3,6-7,14H2,1H3/t9-/m1/s1. The van der Waals surface area contributed by atoms with Gasteiger partial charge in [-0.25, -0.2) is 4.68 Å². The molecule has 0 saturated carbocycles. The van der Waals surface area contributed by atoms with Gasteiger partial charge in [0.2, 0.25) is 16.9 Å². The van der Waals surface area contributed by atoms with Crippen LogP contribution in [-0.4, -0.2) is 44.0 Å². The predicted molar refractivity (Wildman–Crippen MR) is 79.0 cm³/mol. The number of nitrogen functional groups attached to an aromatic ring is 1. The van der Waals surface area contributed by atoms with Gasteiger partial charge in [-0.1, -0.05) is 11.8 Å². The zero-order valence-electron chi connectivity index (χ0n) is 11.7. The summed E-state index contributed by atoms with van der Waals surface area (Å²) in [7, 11) is 0. The second-order valence-electron chi connectivity index (χ2n) is 4.95. The number of nitrogens with zero attached hydrogens (tertiary/aromatic N) is 4. The van der Waals surface area contributed by atoms with Gasteiger partial charge in [0.05, 0.1) is 11.5 Å². The molecule has 1 aliphatic rings. The lowest BCUT2D eigenvalue weighted by Crippen LogP contribution is -2.34. The predicted octanol–water partition coefficient (Wildman–Crippen LogP) is 1.35. The molecule has 1 aliphatic heterocycles. The maximum Gasteiger partial charge on any atom is 0.235 e. The molecule has 1 fully saturated rings. The van der Waals surface area contributed by atoms with Crippen LogP contribution in [0, 0.1) is 0 Å². The van der Waals surface area contributed by atoms with Gasteiger partial charge in [-0.3, -0.25) is 4.79 Å². The molecule has 1 saturated heterocycles. The first kappa shape index (κ1) is 14.0. The molecule has 3 rings (SSSR count). The van der Waals surface area contributed by atoms with Crippen LogP contribution in [0.3, 0.4) is 0 Å². The number of rotatable bonds is 4. The number of likely N-dealkylation sites (tertiary alicyclic amines) is 1. The van der Waals surface area contributed by atoms with Crippen molar-refractivity contribution in [2.75, 3.05) is 18.9 Å². The van der Waals surface area contributed by atoms with Crippen LogP contribution < -0.4 is 5.84 Å². The Labute approximate surface area is 126 Å². The fourth-order valence-corrected chi connectivity index (χ4v) is 3.19. The highest BCUT2D eigenvalue weighted by Gasteiger charge is 2.26. The molecule has 0 spiro atoms. The normalized spacial score (nSPS) is 16.3. The zero-order valence-corrected chi connectivity index (χ0v) is 12.5. The Hall–Kier alpha value is -1.96. The smallest absolute Gasteiger partial charge is 0.235 e. The zero-order chi connectivity index (χ0) is 14.8. The number of carbonyl (C=O) groups excluding carboxylic acids is 1. The van der Waals surface area contributed by atoms with Gasteiger partial charge in [0.25, 0.3) is 0 Å². The summed E-state index contributed by atoms with van der Waals surface area (Å²) in [4.78, 5) is 14.2. The first-order valence-electron chi connectivity index (χ1n) is 6.86. The van der Waals surface area contributed by atoms with Gasteiger partial charge >= 0.3 is 0 Å². The Kier molecular flexibility index (Phi) is 3.87. The third-order valence-electron chi connectivity index (χ3n) is 3.45. The van der Waals surface area contributed by atoms with Crippen LogP contribution in [0.4, 0.5) is 0 Å². The van der Waals surface area contributed by atoms with Crippen LogP contribution in [0.2, 0.25) is 0 Å². The van der Waals surface area contributed by atoms with Crippen molar-refractivity contribution >= 4 is 17.7 Å². The van der Waals surface area contributed by atoms with E-state index in [1.54, 1.807) is 18.4 Å². The minimum Gasteiger partial charge on any atom is -0.461 e. The lowest BCUT2D eigenvalue weighted by atomic mass is 10.4. The summed E-state index contributed by atoms with van der Waals surface area (Å²) in [6.07, 6.45) is 3.72. The average Bonchev–Trinajstić information content (AvgIpc) is 3.20. The molecule has 112 valence electrons. The van der Waals surface area contributed by atoms with Crippen LogP contribution in [0.5, 0.6) is 0 Å². The highest BCUT2D eigenvalue weighted by Crippen LogP contribution is 2.26. The summed E-state index contributed by atoms with van der Waals surface area (Å²) >= 11 is 1.31. The van der Waals surface area contributed by atoms with Gasteiger partial charge in [0, 0.05) is 13.1 Å². The quantitative estimate of drug-likeness (QED) is 0.677. The Bertz CT molecular complexity index is 619. The van der Waals surface area contributed by atoms with Gasteiger partial charge < -0.3 is 15.2 Å². The number of hydrogen-bond acceptors (Lipinski definition) is 6. The maximum atomic E-state index is 12.3. The number of aromatic nitrogens is 3. The molecule has 0 aliphatic carbocycles. The number of thioether (sulfide) groups is 1. The van der Waals surface area contributed by atoms with Gasteiger partial charge in [0.1, 0.15) is 0 Å². The Morgan fingerprint density at radius 1 is 1.43 bits per heavy atom. The van der Waals surface area contributed by atoms with E-state index in [1.165, 1.54) is 16.4 Å². The van der Waals surface area contributed by atoms with Crippen LogP contribution in [0.1, 0.15) is 19.8 Å². The molecule has 1 amide bonds. The highest BCUT2D eigenvalue weighted by molar-refractivity contribution is 8.00. The summed E-state index contributed by atoms with van der Waals surface area (Å²) < 4.78 is 6.62. The van der Waals surface area contributed by atoms with Crippen LogP contribution in [0.25, 0.3) is 11.6 Å². The SMILES string of the molecule is C[C@@H](Sc1nnc(-c2ccco2)n1N)C(=O)N1CCCC1. The van der Waals surface area contributed by atoms with E-state index < -0.39 is 0 Å². The van der Waals surface area contributed by atoms with E-state index in [4.69, 9.17) is 10.3 Å². The van der Waals surface area contributed by atoms with E-state index in [0.29, 0.717) is 16.7 Å². The molecule has 2 aromatic rings. The molecule has 2 N–H and O–H groups in total. The molecule has 2 aromatic heterocycles. The molecule has 0 aromatic carbocycles. The molecule has 0 bridgehead atoms. The Morgan fingerprint density at radius 2 is 2.19 bits per heavy atom. The van der Waals surface area contributed by atoms with Crippen molar-refractivity contribution in [3.63, 3.8) is 0 Å². The van der Waals surface area contributed by atoms with Crippen LogP contribution >= 0.6 is 11.8 Å². The fraction of sp³-hybridized carbons (Fsp3) is 0.462. The van der Waals surface area contributed by atoms with Gasteiger partial charge in [-0.05, 0) is 31.9 Å². The largest absolute Gasteiger partial charge is 0.461 e. The van der Waals surface area contributed by atoms with Crippen molar-refractivity contribution < 1.29 is 9.21 Å². The van der Waals surface area contributed by atoms with E-state index in [2.05, 4.69) is 10.2 Å². The summed E-state index contributed by atoms with van der Waals surface area (Å²) in [6, 6.07) is 3.52. The minimum absolute atomic E-state index is 0.125. The van der Waals surface area contributed by atoms with E-state index >= 15 is 0 Å². The van der Waals surface area contributed by atoms with E-state index in [1.807, 2.05) is 11.8 Å². The summed E-state index contributed by atoms with van der Waals surface area (Å²) in [5, 5.41) is 8.32. The van der Waals surface area contributed by atoms with Crippen LogP contribution in [-0.2, 0) is 4.79 Å². The van der Waals surface area contributed by atoms with Crippen molar-refractivity contribution in [1.29, 1.82) is 0 Å². The van der Waals surface area contributed by atoms with Crippen molar-refractivity contribution in [2.24, 2.45) is 0 Å². The molecule has 1 atom stereocenters. The molecule has 21 heavy (non-hydrogen) atoms. The molecule has 0 radical (unpaired) electrons. The number of furan rings is 1. The van der Waals surface area contributed by atoms with Crippen molar-refractivity contribution in [2.45, 2.75) is 30.2 Å². The number of carbonyl (C=O) groups is 1. The third-order valence-corrected chi connectivity index (χ3v) is 4.50. The second kappa shape index (κ2) is 5.80. The first-order valence-corrected chi connectivity index (χ1v) is 7.74. The lowest BCUT2D eigenvalue weighted by molar-refractivity contribution is -0.129. The topological polar surface area (TPSA) is 90.2 Å². The highest BCUT2D eigenvalue weighted by atomic mass is 32.2. The first-order chi connectivity index (χ1) is 10.2. The molecule has 8 heteroatoms. The van der Waals surface area contributed by atoms with E-state index in [9.17, 15) is 4.79 Å². The van der Waals surface area contributed by atoms with Crippen molar-refractivity contribution in [3.8, 4) is 11.6 Å². The second-order valence-corrected chi connectivity index (χ2v) is 6.25.